The first-order chi connectivity index (χ1) is 15.0. The Morgan fingerprint density at radius 2 is 1.90 bits per heavy atom. The van der Waals surface area contributed by atoms with Crippen molar-refractivity contribution >= 4 is 38.4 Å². The summed E-state index contributed by atoms with van der Waals surface area (Å²) < 4.78 is 6.77. The topological polar surface area (TPSA) is 77.7 Å². The summed E-state index contributed by atoms with van der Waals surface area (Å²) in [6, 6.07) is 14.0. The van der Waals surface area contributed by atoms with E-state index in [4.69, 9.17) is 4.74 Å². The van der Waals surface area contributed by atoms with Crippen molar-refractivity contribution in [3.05, 3.63) is 68.9 Å². The molecule has 0 aliphatic carbocycles. The summed E-state index contributed by atoms with van der Waals surface area (Å²) in [5.74, 6) is 0.217. The molecule has 0 radical (unpaired) electrons. The van der Waals surface area contributed by atoms with Crippen LogP contribution < -0.4 is 15.5 Å². The maximum atomic E-state index is 12.8. The molecule has 31 heavy (non-hydrogen) atoms. The van der Waals surface area contributed by atoms with Gasteiger partial charge < -0.3 is 19.9 Å². The molecule has 8 heteroatoms. The van der Waals surface area contributed by atoms with Gasteiger partial charge in [-0.15, -0.1) is 0 Å². The van der Waals surface area contributed by atoms with Crippen LogP contribution in [0.2, 0.25) is 0 Å². The summed E-state index contributed by atoms with van der Waals surface area (Å²) in [7, 11) is 2.13. The number of aromatic nitrogens is 1. The molecule has 0 saturated carbocycles. The van der Waals surface area contributed by atoms with E-state index in [-0.39, 0.29) is 11.1 Å². The van der Waals surface area contributed by atoms with Crippen LogP contribution in [0.5, 0.6) is 5.75 Å². The molecule has 1 amide bonds. The number of carbonyl (C=O) groups is 1. The van der Waals surface area contributed by atoms with E-state index in [9.17, 15) is 9.59 Å². The predicted octanol–water partition coefficient (Wildman–Crippen LogP) is 3.17. The molecule has 0 unspecified atom stereocenters. The van der Waals surface area contributed by atoms with E-state index < -0.39 is 5.91 Å². The van der Waals surface area contributed by atoms with Crippen LogP contribution in [0, 0.1) is 0 Å². The number of nitrogens with one attached hydrogen (secondary N) is 2. The standard InChI is InChI=1S/C23H25BrN4O3/c1-27-8-10-28(11-9-27)12-13-31-22-5-3-2-4-19(22)26-23(30)20-15-21(29)17-14-16(24)6-7-18(17)25-20/h2-7,14-15H,8-13H2,1H3,(H,25,29)(H,26,30). The highest BCUT2D eigenvalue weighted by Gasteiger charge is 2.15. The Hall–Kier alpha value is -2.68. The van der Waals surface area contributed by atoms with Crippen molar-refractivity contribution in [2.45, 2.75) is 0 Å². The predicted molar refractivity (Wildman–Crippen MR) is 126 cm³/mol. The van der Waals surface area contributed by atoms with E-state index >= 15 is 0 Å². The van der Waals surface area contributed by atoms with Crippen molar-refractivity contribution in [2.24, 2.45) is 0 Å². The third kappa shape index (κ3) is 5.33. The molecule has 1 aliphatic heterocycles. The molecule has 0 bridgehead atoms. The molecule has 1 aromatic heterocycles. The number of hydrogen-bond acceptors (Lipinski definition) is 5. The van der Waals surface area contributed by atoms with Crippen molar-refractivity contribution in [3.8, 4) is 5.75 Å². The number of pyridine rings is 1. The fraction of sp³-hybridized carbons (Fsp3) is 0.304. The lowest BCUT2D eigenvalue weighted by Crippen LogP contribution is -2.45. The fourth-order valence-corrected chi connectivity index (χ4v) is 3.94. The number of benzene rings is 2. The van der Waals surface area contributed by atoms with Crippen molar-refractivity contribution in [1.29, 1.82) is 0 Å². The SMILES string of the molecule is CN1CCN(CCOc2ccccc2NC(=O)c2cc(=O)c3cc(Br)ccc3[nH]2)CC1. The number of para-hydroxylation sites is 2. The quantitative estimate of drug-likeness (QED) is 0.561. The maximum Gasteiger partial charge on any atom is 0.272 e. The zero-order valence-corrected chi connectivity index (χ0v) is 18.9. The van der Waals surface area contributed by atoms with Gasteiger partial charge in [-0.3, -0.25) is 14.5 Å². The first-order valence-corrected chi connectivity index (χ1v) is 11.1. The van der Waals surface area contributed by atoms with Crippen molar-refractivity contribution in [1.82, 2.24) is 14.8 Å². The largest absolute Gasteiger partial charge is 0.490 e. The average molecular weight is 485 g/mol. The van der Waals surface area contributed by atoms with Gasteiger partial charge in [0.2, 0.25) is 0 Å². The number of piperazine rings is 1. The number of ether oxygens (including phenoxy) is 1. The number of rotatable bonds is 6. The van der Waals surface area contributed by atoms with Crippen molar-refractivity contribution < 1.29 is 9.53 Å². The second kappa shape index (κ2) is 9.64. The number of fused-ring (bicyclic) bond motifs is 1. The molecule has 2 aromatic carbocycles. The lowest BCUT2D eigenvalue weighted by atomic mass is 10.2. The number of nitrogens with zero attached hydrogens (tertiary/aromatic N) is 2. The monoisotopic (exact) mass is 484 g/mol. The number of aromatic amines is 1. The van der Waals surface area contributed by atoms with Crippen LogP contribution in [-0.4, -0.2) is 67.1 Å². The van der Waals surface area contributed by atoms with Gasteiger partial charge in [0.25, 0.3) is 5.91 Å². The van der Waals surface area contributed by atoms with Crippen LogP contribution in [0.25, 0.3) is 10.9 Å². The molecule has 1 saturated heterocycles. The Balaban J connectivity index is 1.43. The Morgan fingerprint density at radius 3 is 2.71 bits per heavy atom. The first-order valence-electron chi connectivity index (χ1n) is 10.3. The van der Waals surface area contributed by atoms with Gasteiger partial charge in [-0.05, 0) is 37.4 Å². The van der Waals surface area contributed by atoms with Gasteiger partial charge in [-0.1, -0.05) is 28.1 Å². The molecule has 162 valence electrons. The summed E-state index contributed by atoms with van der Waals surface area (Å²) in [5.41, 5.74) is 1.17. The molecule has 1 aliphatic rings. The molecule has 2 N–H and O–H groups in total. The minimum absolute atomic E-state index is 0.201. The normalized spacial score (nSPS) is 15.2. The van der Waals surface area contributed by atoms with E-state index in [2.05, 4.69) is 43.1 Å². The van der Waals surface area contributed by atoms with Crippen LogP contribution in [0.3, 0.4) is 0 Å². The fourth-order valence-electron chi connectivity index (χ4n) is 3.58. The molecule has 3 aromatic rings. The highest BCUT2D eigenvalue weighted by atomic mass is 79.9. The third-order valence-corrected chi connectivity index (χ3v) is 5.93. The number of halogens is 1. The zero-order chi connectivity index (χ0) is 21.8. The summed E-state index contributed by atoms with van der Waals surface area (Å²) >= 11 is 3.36. The molecule has 2 heterocycles. The highest BCUT2D eigenvalue weighted by molar-refractivity contribution is 9.10. The molecule has 0 atom stereocenters. The molecule has 7 nitrogen and oxygen atoms in total. The minimum Gasteiger partial charge on any atom is -0.490 e. The van der Waals surface area contributed by atoms with Gasteiger partial charge in [0.15, 0.2) is 5.43 Å². The van der Waals surface area contributed by atoms with Crippen LogP contribution >= 0.6 is 15.9 Å². The van der Waals surface area contributed by atoms with Crippen molar-refractivity contribution in [2.75, 3.05) is 51.7 Å². The second-order valence-corrected chi connectivity index (χ2v) is 8.60. The smallest absolute Gasteiger partial charge is 0.272 e. The van der Waals surface area contributed by atoms with Gasteiger partial charge in [-0.2, -0.15) is 0 Å². The maximum absolute atomic E-state index is 12.8. The minimum atomic E-state index is -0.392. The molecule has 1 fully saturated rings. The molecule has 0 spiro atoms. The van der Waals surface area contributed by atoms with E-state index in [1.165, 1.54) is 6.07 Å². The van der Waals surface area contributed by atoms with E-state index in [0.29, 0.717) is 28.9 Å². The number of amides is 1. The first kappa shape index (κ1) is 21.5. The molecular formula is C23H25BrN4O3. The number of hydrogen-bond donors (Lipinski definition) is 2. The van der Waals surface area contributed by atoms with Gasteiger partial charge in [0.1, 0.15) is 18.1 Å². The summed E-state index contributed by atoms with van der Waals surface area (Å²) in [6.45, 7) is 5.57. The highest BCUT2D eigenvalue weighted by Crippen LogP contribution is 2.24. The van der Waals surface area contributed by atoms with Crippen molar-refractivity contribution in [3.63, 3.8) is 0 Å². The van der Waals surface area contributed by atoms with E-state index in [0.717, 1.165) is 37.2 Å². The van der Waals surface area contributed by atoms with Gasteiger partial charge in [0, 0.05) is 54.2 Å². The van der Waals surface area contributed by atoms with Crippen LogP contribution in [-0.2, 0) is 0 Å². The van der Waals surface area contributed by atoms with Crippen LogP contribution in [0.4, 0.5) is 5.69 Å². The van der Waals surface area contributed by atoms with Gasteiger partial charge in [-0.25, -0.2) is 0 Å². The summed E-state index contributed by atoms with van der Waals surface area (Å²) in [5, 5.41) is 3.39. The van der Waals surface area contributed by atoms with Gasteiger partial charge >= 0.3 is 0 Å². The summed E-state index contributed by atoms with van der Waals surface area (Å²) in [6.07, 6.45) is 0. The Kier molecular flexibility index (Phi) is 6.70. The second-order valence-electron chi connectivity index (χ2n) is 7.68. The third-order valence-electron chi connectivity index (χ3n) is 5.43. The Morgan fingerprint density at radius 1 is 1.13 bits per heavy atom. The number of likely N-dealkylation sites (N-methyl/N-ethyl adjacent to an activating group) is 1. The lowest BCUT2D eigenvalue weighted by Gasteiger charge is -2.32. The number of carbonyl (C=O) groups excluding carboxylic acids is 1. The van der Waals surface area contributed by atoms with Crippen LogP contribution in [0.15, 0.2) is 57.8 Å². The molecule has 4 rings (SSSR count). The van der Waals surface area contributed by atoms with Gasteiger partial charge in [0.05, 0.1) is 5.69 Å². The zero-order valence-electron chi connectivity index (χ0n) is 17.4. The Labute approximate surface area is 189 Å². The molecular weight excluding hydrogens is 460 g/mol. The lowest BCUT2D eigenvalue weighted by molar-refractivity contribution is 0.102. The number of H-pyrrole nitrogens is 1. The van der Waals surface area contributed by atoms with E-state index in [1.54, 1.807) is 18.2 Å². The van der Waals surface area contributed by atoms with E-state index in [1.807, 2.05) is 24.3 Å². The summed E-state index contributed by atoms with van der Waals surface area (Å²) in [4.78, 5) is 33.0. The Bertz CT molecular complexity index is 1140. The average Bonchev–Trinajstić information content (AvgIpc) is 2.76. The van der Waals surface area contributed by atoms with Crippen LogP contribution in [0.1, 0.15) is 10.5 Å². The number of anilines is 1.